The molecule has 2 aliphatic heterocycles. The first-order valence-electron chi connectivity index (χ1n) is 9.84. The van der Waals surface area contributed by atoms with Crippen LogP contribution in [0.5, 0.6) is 5.75 Å². The van der Waals surface area contributed by atoms with Gasteiger partial charge in [0.2, 0.25) is 0 Å². The third-order valence-corrected chi connectivity index (χ3v) is 5.18. The fraction of sp³-hybridized carbons (Fsp3) is 0.600. The van der Waals surface area contributed by atoms with E-state index in [0.29, 0.717) is 31.8 Å². The van der Waals surface area contributed by atoms with Crippen LogP contribution in [0.2, 0.25) is 5.82 Å². The highest BCUT2D eigenvalue weighted by Crippen LogP contribution is 2.37. The van der Waals surface area contributed by atoms with Crippen LogP contribution in [0.3, 0.4) is 0 Å². The second-order valence-corrected chi connectivity index (χ2v) is 7.33. The van der Waals surface area contributed by atoms with Crippen molar-refractivity contribution in [1.29, 1.82) is 0 Å². The maximum atomic E-state index is 12.4. The monoisotopic (exact) mass is 390 g/mol. The van der Waals surface area contributed by atoms with Crippen molar-refractivity contribution in [3.8, 4) is 5.75 Å². The Bertz CT molecular complexity index is 687. The van der Waals surface area contributed by atoms with Gasteiger partial charge in [0.1, 0.15) is 23.7 Å². The lowest BCUT2D eigenvalue weighted by molar-refractivity contribution is -0.123. The van der Waals surface area contributed by atoms with E-state index in [1.54, 1.807) is 12.1 Å². The van der Waals surface area contributed by atoms with E-state index in [9.17, 15) is 14.6 Å². The molecule has 0 bridgehead atoms. The average Bonchev–Trinajstić information content (AvgIpc) is 2.69. The Balaban J connectivity index is 1.61. The van der Waals surface area contributed by atoms with Gasteiger partial charge in [-0.2, -0.15) is 0 Å². The van der Waals surface area contributed by atoms with Gasteiger partial charge in [0.25, 0.3) is 0 Å². The molecule has 1 aromatic rings. The summed E-state index contributed by atoms with van der Waals surface area (Å²) in [6, 6.07) is 5.20. The van der Waals surface area contributed by atoms with Gasteiger partial charge < -0.3 is 23.9 Å². The highest BCUT2D eigenvalue weighted by atomic mass is 16.6. The van der Waals surface area contributed by atoms with Gasteiger partial charge in [-0.3, -0.25) is 4.79 Å². The van der Waals surface area contributed by atoms with Crippen LogP contribution in [-0.4, -0.2) is 56.9 Å². The van der Waals surface area contributed by atoms with Crippen LogP contribution in [0.25, 0.3) is 0 Å². The predicted octanol–water partition coefficient (Wildman–Crippen LogP) is 2.19. The first-order chi connectivity index (χ1) is 13.6. The first-order valence-corrected chi connectivity index (χ1v) is 9.84. The standard InChI is InChI=1S/C20H27BO7/c1-25-9-10-27-20(23)18-7-4-5-14-11-15(21(24)28-19(14)18)12-16(22)13-17-6-2-3-8-26-17/h4-5,7,15,17,24H,2-3,6,8-13H2,1H3/t15-,17?/m1/s1. The second-order valence-electron chi connectivity index (χ2n) is 7.33. The first kappa shape index (κ1) is 20.8. The second kappa shape index (κ2) is 10.0. The van der Waals surface area contributed by atoms with Crippen LogP contribution in [0.1, 0.15) is 48.0 Å². The molecule has 152 valence electrons. The van der Waals surface area contributed by atoms with E-state index in [0.717, 1.165) is 24.8 Å². The number of carbonyl (C=O) groups excluding carboxylic acids is 2. The molecule has 0 saturated carbocycles. The molecule has 2 aliphatic rings. The lowest BCUT2D eigenvalue weighted by atomic mass is 9.64. The van der Waals surface area contributed by atoms with Crippen molar-refractivity contribution in [2.75, 3.05) is 26.9 Å². The Hall–Kier alpha value is -1.90. The number of esters is 1. The molecule has 2 heterocycles. The fourth-order valence-corrected chi connectivity index (χ4v) is 3.71. The van der Waals surface area contributed by atoms with Crippen LogP contribution in [0.4, 0.5) is 0 Å². The highest BCUT2D eigenvalue weighted by Gasteiger charge is 2.38. The highest BCUT2D eigenvalue weighted by molar-refractivity contribution is 6.47. The summed E-state index contributed by atoms with van der Waals surface area (Å²) in [5.41, 5.74) is 1.06. The van der Waals surface area contributed by atoms with Crippen LogP contribution >= 0.6 is 0 Å². The number of rotatable bonds is 8. The van der Waals surface area contributed by atoms with E-state index in [1.807, 2.05) is 6.07 Å². The number of benzene rings is 1. The van der Waals surface area contributed by atoms with Crippen molar-refractivity contribution in [2.24, 2.45) is 0 Å². The van der Waals surface area contributed by atoms with Crippen molar-refractivity contribution in [3.05, 3.63) is 29.3 Å². The number of fused-ring (bicyclic) bond motifs is 1. The van der Waals surface area contributed by atoms with Crippen molar-refractivity contribution < 1.29 is 33.5 Å². The summed E-state index contributed by atoms with van der Waals surface area (Å²) >= 11 is 0. The van der Waals surface area contributed by atoms with Gasteiger partial charge in [0, 0.05) is 32.4 Å². The molecule has 0 aromatic heterocycles. The lowest BCUT2D eigenvalue weighted by Crippen LogP contribution is -2.36. The van der Waals surface area contributed by atoms with Gasteiger partial charge in [-0.15, -0.1) is 0 Å². The molecule has 1 fully saturated rings. The molecule has 3 rings (SSSR count). The maximum Gasteiger partial charge on any atom is 0.526 e. The van der Waals surface area contributed by atoms with Crippen LogP contribution in [0, 0.1) is 0 Å². The Morgan fingerprint density at radius 2 is 2.11 bits per heavy atom. The summed E-state index contributed by atoms with van der Waals surface area (Å²) < 4.78 is 21.3. The van der Waals surface area contributed by atoms with E-state index in [-0.39, 0.29) is 36.3 Å². The molecule has 1 unspecified atom stereocenters. The van der Waals surface area contributed by atoms with Gasteiger partial charge in [0.05, 0.1) is 12.7 Å². The zero-order chi connectivity index (χ0) is 19.9. The van der Waals surface area contributed by atoms with E-state index in [4.69, 9.17) is 18.9 Å². The van der Waals surface area contributed by atoms with Crippen molar-refractivity contribution >= 4 is 18.9 Å². The summed E-state index contributed by atoms with van der Waals surface area (Å²) in [4.78, 5) is 24.7. The van der Waals surface area contributed by atoms with Gasteiger partial charge in [-0.25, -0.2) is 4.79 Å². The summed E-state index contributed by atoms with van der Waals surface area (Å²) in [7, 11) is 0.385. The smallest absolute Gasteiger partial charge is 0.526 e. The van der Waals surface area contributed by atoms with Crippen molar-refractivity contribution in [1.82, 2.24) is 0 Å². The van der Waals surface area contributed by atoms with E-state index in [1.165, 1.54) is 7.11 Å². The van der Waals surface area contributed by atoms with Crippen molar-refractivity contribution in [2.45, 2.75) is 50.4 Å². The average molecular weight is 390 g/mol. The predicted molar refractivity (Wildman–Crippen MR) is 102 cm³/mol. The van der Waals surface area contributed by atoms with E-state index in [2.05, 4.69) is 0 Å². The number of para-hydroxylation sites is 1. The molecule has 0 aliphatic carbocycles. The van der Waals surface area contributed by atoms with Gasteiger partial charge >= 0.3 is 13.1 Å². The molecular formula is C20H27BO7. The third kappa shape index (κ3) is 5.34. The number of ketones is 1. The summed E-state index contributed by atoms with van der Waals surface area (Å²) in [6.07, 6.45) is 4.10. The summed E-state index contributed by atoms with van der Waals surface area (Å²) in [5.74, 6) is -0.469. The largest absolute Gasteiger partial charge is 0.535 e. The van der Waals surface area contributed by atoms with Gasteiger partial charge in [-0.1, -0.05) is 12.1 Å². The molecule has 2 atom stereocenters. The number of hydrogen-bond donors (Lipinski definition) is 1. The number of hydrogen-bond acceptors (Lipinski definition) is 7. The number of carbonyl (C=O) groups is 2. The molecule has 0 radical (unpaired) electrons. The molecule has 8 heteroatoms. The van der Waals surface area contributed by atoms with E-state index < -0.39 is 13.1 Å². The molecule has 0 spiro atoms. The molecular weight excluding hydrogens is 363 g/mol. The Morgan fingerprint density at radius 3 is 2.86 bits per heavy atom. The number of ether oxygens (including phenoxy) is 3. The summed E-state index contributed by atoms with van der Waals surface area (Å²) in [6.45, 7) is 1.16. The van der Waals surface area contributed by atoms with Gasteiger partial charge in [0.15, 0.2) is 0 Å². The number of Topliss-reactive ketones (excluding diaryl/α,β-unsaturated/α-hetero) is 1. The SMILES string of the molecule is COCCOC(=O)c1cccc2c1OB(O)[C@@H](CC(=O)CC1CCCCO1)C2. The quantitative estimate of drug-likeness (QED) is 0.413. The van der Waals surface area contributed by atoms with Crippen LogP contribution in [-0.2, 0) is 25.4 Å². The lowest BCUT2D eigenvalue weighted by Gasteiger charge is -2.29. The third-order valence-electron chi connectivity index (χ3n) is 5.18. The minimum Gasteiger partial charge on any atom is -0.535 e. The Kier molecular flexibility index (Phi) is 7.47. The van der Waals surface area contributed by atoms with Gasteiger partial charge in [-0.05, 0) is 37.3 Å². The molecule has 1 saturated heterocycles. The zero-order valence-electron chi connectivity index (χ0n) is 16.2. The molecule has 0 amide bonds. The summed E-state index contributed by atoms with van der Waals surface area (Å²) in [5, 5.41) is 10.4. The molecule has 1 aromatic carbocycles. The van der Waals surface area contributed by atoms with Crippen LogP contribution in [0.15, 0.2) is 18.2 Å². The number of methoxy groups -OCH3 is 1. The topological polar surface area (TPSA) is 91.3 Å². The Morgan fingerprint density at radius 1 is 1.25 bits per heavy atom. The zero-order valence-corrected chi connectivity index (χ0v) is 16.2. The molecule has 7 nitrogen and oxygen atoms in total. The van der Waals surface area contributed by atoms with E-state index >= 15 is 0 Å². The normalized spacial score (nSPS) is 21.6. The fourth-order valence-electron chi connectivity index (χ4n) is 3.71. The Labute approximate surface area is 165 Å². The van der Waals surface area contributed by atoms with Crippen LogP contribution < -0.4 is 4.65 Å². The van der Waals surface area contributed by atoms with Crippen molar-refractivity contribution in [3.63, 3.8) is 0 Å². The minimum atomic E-state index is -1.14. The molecule has 28 heavy (non-hydrogen) atoms. The minimum absolute atomic E-state index is 0.0105. The maximum absolute atomic E-state index is 12.4. The molecule has 1 N–H and O–H groups in total.